The fourth-order valence-corrected chi connectivity index (χ4v) is 2.36. The van der Waals surface area contributed by atoms with Crippen LogP contribution in [0.3, 0.4) is 0 Å². The van der Waals surface area contributed by atoms with Crippen molar-refractivity contribution >= 4 is 6.03 Å². The molecule has 1 fully saturated rings. The van der Waals surface area contributed by atoms with Gasteiger partial charge in [-0.05, 0) is 17.7 Å². The van der Waals surface area contributed by atoms with Crippen molar-refractivity contribution in [3.05, 3.63) is 23.8 Å². The Balaban J connectivity index is 1.56. The number of hydrogen-bond acceptors (Lipinski definition) is 4. The molecule has 0 radical (unpaired) electrons. The van der Waals surface area contributed by atoms with Crippen molar-refractivity contribution in [2.24, 2.45) is 0 Å². The number of ether oxygens (including phenoxy) is 2. The molecule has 0 saturated carbocycles. The summed E-state index contributed by atoms with van der Waals surface area (Å²) >= 11 is 0. The fourth-order valence-electron chi connectivity index (χ4n) is 2.36. The maximum absolute atomic E-state index is 12.0. The molecule has 2 amide bonds. The number of carbonyl (C=O) groups excluding carboxylic acids is 1. The maximum atomic E-state index is 12.0. The minimum absolute atomic E-state index is 0.0126. The molecule has 2 aliphatic heterocycles. The molecule has 0 bridgehead atoms. The molecule has 0 spiro atoms. The lowest BCUT2D eigenvalue weighted by molar-refractivity contribution is 0.171. The third-order valence-corrected chi connectivity index (χ3v) is 3.45. The Labute approximate surface area is 118 Å². The molecule has 2 heterocycles. The predicted octanol–water partition coefficient (Wildman–Crippen LogP) is 0.573. The maximum Gasteiger partial charge on any atom is 0.317 e. The highest BCUT2D eigenvalue weighted by Crippen LogP contribution is 2.30. The van der Waals surface area contributed by atoms with E-state index in [1.54, 1.807) is 0 Å². The first-order valence-corrected chi connectivity index (χ1v) is 6.95. The summed E-state index contributed by atoms with van der Waals surface area (Å²) in [7, 11) is 0. The molecule has 0 unspecified atom stereocenters. The number of benzene rings is 1. The van der Waals surface area contributed by atoms with Gasteiger partial charge in [0, 0.05) is 32.7 Å². The summed E-state index contributed by atoms with van der Waals surface area (Å²) in [5.41, 5.74) is 1.01. The third kappa shape index (κ3) is 2.96. The molecule has 2 aliphatic rings. The van der Waals surface area contributed by atoms with Gasteiger partial charge in [0.2, 0.25) is 0 Å². The summed E-state index contributed by atoms with van der Waals surface area (Å²) in [6.45, 7) is 4.89. The van der Waals surface area contributed by atoms with E-state index >= 15 is 0 Å². The van der Waals surface area contributed by atoms with Crippen LogP contribution in [0, 0.1) is 0 Å². The van der Waals surface area contributed by atoms with Crippen LogP contribution in [0.1, 0.15) is 5.56 Å². The van der Waals surface area contributed by atoms with Gasteiger partial charge in [-0.25, -0.2) is 4.79 Å². The zero-order valence-electron chi connectivity index (χ0n) is 11.4. The van der Waals surface area contributed by atoms with Crippen LogP contribution in [0.15, 0.2) is 18.2 Å². The van der Waals surface area contributed by atoms with Crippen LogP contribution in [-0.2, 0) is 6.54 Å². The summed E-state index contributed by atoms with van der Waals surface area (Å²) in [5, 5.41) is 6.16. The van der Waals surface area contributed by atoms with E-state index in [-0.39, 0.29) is 6.03 Å². The van der Waals surface area contributed by atoms with Crippen molar-refractivity contribution < 1.29 is 14.3 Å². The fraction of sp³-hybridized carbons (Fsp3) is 0.500. The van der Waals surface area contributed by atoms with Crippen LogP contribution in [-0.4, -0.2) is 50.3 Å². The Morgan fingerprint density at radius 2 is 1.95 bits per heavy atom. The molecule has 1 aromatic rings. The number of amides is 2. The average molecular weight is 277 g/mol. The lowest BCUT2D eigenvalue weighted by Crippen LogP contribution is -2.50. The van der Waals surface area contributed by atoms with E-state index in [9.17, 15) is 4.79 Å². The Bertz CT molecular complexity index is 487. The van der Waals surface area contributed by atoms with Crippen molar-refractivity contribution in [3.8, 4) is 11.5 Å². The molecule has 0 aliphatic carbocycles. The molecule has 6 nitrogen and oxygen atoms in total. The van der Waals surface area contributed by atoms with Crippen LogP contribution in [0.4, 0.5) is 4.79 Å². The highest BCUT2D eigenvalue weighted by molar-refractivity contribution is 5.74. The molecular weight excluding hydrogens is 258 g/mol. The lowest BCUT2D eigenvalue weighted by atomic mass is 10.2. The number of urea groups is 1. The van der Waals surface area contributed by atoms with Crippen molar-refractivity contribution in [1.82, 2.24) is 15.5 Å². The van der Waals surface area contributed by atoms with Gasteiger partial charge < -0.3 is 25.0 Å². The second-order valence-corrected chi connectivity index (χ2v) is 4.87. The van der Waals surface area contributed by atoms with E-state index in [2.05, 4.69) is 10.6 Å². The largest absolute Gasteiger partial charge is 0.486 e. The molecule has 20 heavy (non-hydrogen) atoms. The first-order chi connectivity index (χ1) is 9.83. The van der Waals surface area contributed by atoms with Crippen LogP contribution in [0.5, 0.6) is 11.5 Å². The molecule has 0 atom stereocenters. The van der Waals surface area contributed by atoms with Crippen LogP contribution in [0.25, 0.3) is 0 Å². The van der Waals surface area contributed by atoms with Gasteiger partial charge in [-0.1, -0.05) is 6.07 Å². The van der Waals surface area contributed by atoms with Gasteiger partial charge in [-0.3, -0.25) is 0 Å². The van der Waals surface area contributed by atoms with E-state index in [4.69, 9.17) is 9.47 Å². The number of nitrogens with zero attached hydrogens (tertiary/aromatic N) is 1. The van der Waals surface area contributed by atoms with E-state index in [0.29, 0.717) is 19.8 Å². The smallest absolute Gasteiger partial charge is 0.317 e. The van der Waals surface area contributed by atoms with E-state index < -0.39 is 0 Å². The molecule has 0 aromatic heterocycles. The SMILES string of the molecule is O=C(NCc1ccc2c(c1)OCCO2)N1CCNCC1. The van der Waals surface area contributed by atoms with Crippen molar-refractivity contribution in [1.29, 1.82) is 0 Å². The first-order valence-electron chi connectivity index (χ1n) is 6.95. The van der Waals surface area contributed by atoms with Crippen molar-refractivity contribution in [2.75, 3.05) is 39.4 Å². The molecule has 1 saturated heterocycles. The predicted molar refractivity (Wildman–Crippen MR) is 74.1 cm³/mol. The number of carbonyl (C=O) groups is 1. The number of nitrogens with one attached hydrogen (secondary N) is 2. The highest BCUT2D eigenvalue weighted by atomic mass is 16.6. The van der Waals surface area contributed by atoms with Gasteiger partial charge >= 0.3 is 6.03 Å². The standard InChI is InChI=1S/C14H19N3O3/c18-14(17-5-3-15-4-6-17)16-10-11-1-2-12-13(9-11)20-8-7-19-12/h1-2,9,15H,3-8,10H2,(H,16,18). The Kier molecular flexibility index (Phi) is 3.92. The zero-order valence-corrected chi connectivity index (χ0v) is 11.4. The van der Waals surface area contributed by atoms with Gasteiger partial charge in [0.25, 0.3) is 0 Å². The van der Waals surface area contributed by atoms with Gasteiger partial charge in [-0.15, -0.1) is 0 Å². The van der Waals surface area contributed by atoms with E-state index in [1.807, 2.05) is 23.1 Å². The molecular formula is C14H19N3O3. The molecule has 108 valence electrons. The minimum Gasteiger partial charge on any atom is -0.486 e. The van der Waals surface area contributed by atoms with Crippen LogP contribution >= 0.6 is 0 Å². The quantitative estimate of drug-likeness (QED) is 0.830. The molecule has 1 aromatic carbocycles. The van der Waals surface area contributed by atoms with Gasteiger partial charge in [0.05, 0.1) is 0 Å². The van der Waals surface area contributed by atoms with Gasteiger partial charge in [0.15, 0.2) is 11.5 Å². The van der Waals surface area contributed by atoms with E-state index in [1.165, 1.54) is 0 Å². The monoisotopic (exact) mass is 277 g/mol. The summed E-state index contributed by atoms with van der Waals surface area (Å²) in [4.78, 5) is 13.8. The van der Waals surface area contributed by atoms with Crippen molar-refractivity contribution in [3.63, 3.8) is 0 Å². The zero-order chi connectivity index (χ0) is 13.8. The summed E-state index contributed by atoms with van der Waals surface area (Å²) in [6, 6.07) is 5.75. The Morgan fingerprint density at radius 3 is 2.75 bits per heavy atom. The summed E-state index contributed by atoms with van der Waals surface area (Å²) < 4.78 is 11.0. The Hall–Kier alpha value is -1.95. The second-order valence-electron chi connectivity index (χ2n) is 4.87. The second kappa shape index (κ2) is 6.00. The number of fused-ring (bicyclic) bond motifs is 1. The Morgan fingerprint density at radius 1 is 1.20 bits per heavy atom. The molecule has 3 rings (SSSR count). The van der Waals surface area contributed by atoms with E-state index in [0.717, 1.165) is 43.2 Å². The lowest BCUT2D eigenvalue weighted by Gasteiger charge is -2.27. The van der Waals surface area contributed by atoms with Crippen LogP contribution in [0.2, 0.25) is 0 Å². The third-order valence-electron chi connectivity index (χ3n) is 3.45. The average Bonchev–Trinajstić information content (AvgIpc) is 2.53. The minimum atomic E-state index is -0.0126. The van der Waals surface area contributed by atoms with Crippen LogP contribution < -0.4 is 20.1 Å². The molecule has 2 N–H and O–H groups in total. The summed E-state index contributed by atoms with van der Waals surface area (Å²) in [5.74, 6) is 1.53. The number of rotatable bonds is 2. The first kappa shape index (κ1) is 13.1. The topological polar surface area (TPSA) is 62.8 Å². The normalized spacial score (nSPS) is 17.7. The number of hydrogen-bond donors (Lipinski definition) is 2. The summed E-state index contributed by atoms with van der Waals surface area (Å²) in [6.07, 6.45) is 0. The number of piperazine rings is 1. The van der Waals surface area contributed by atoms with Gasteiger partial charge in [-0.2, -0.15) is 0 Å². The highest BCUT2D eigenvalue weighted by Gasteiger charge is 2.16. The van der Waals surface area contributed by atoms with Crippen molar-refractivity contribution in [2.45, 2.75) is 6.54 Å². The molecule has 6 heteroatoms. The van der Waals surface area contributed by atoms with Gasteiger partial charge in [0.1, 0.15) is 13.2 Å².